The van der Waals surface area contributed by atoms with E-state index in [1.54, 1.807) is 20.0 Å². The molecule has 1 amide bonds. The topological polar surface area (TPSA) is 96.8 Å². The van der Waals surface area contributed by atoms with Crippen molar-refractivity contribution < 1.29 is 4.79 Å². The Kier molecular flexibility index (Phi) is 3.69. The maximum Gasteiger partial charge on any atom is 0.347 e. The number of carbonyl (C=O) groups is 1. The van der Waals surface area contributed by atoms with Crippen LogP contribution < -0.4 is 5.69 Å². The van der Waals surface area contributed by atoms with Crippen molar-refractivity contribution >= 4 is 5.91 Å². The van der Waals surface area contributed by atoms with Crippen LogP contribution in [-0.2, 0) is 17.9 Å². The van der Waals surface area contributed by atoms with Gasteiger partial charge in [-0.05, 0) is 13.0 Å². The molecule has 1 N–H and O–H groups in total. The van der Waals surface area contributed by atoms with Crippen LogP contribution in [0.2, 0.25) is 0 Å². The lowest BCUT2D eigenvalue weighted by Gasteiger charge is -2.15. The molecule has 0 spiro atoms. The van der Waals surface area contributed by atoms with E-state index in [-0.39, 0.29) is 19.0 Å². The minimum absolute atomic E-state index is 0.0490. The standard InChI is InChI=1S/C11H14N6O2/c1-8-13-9(15-14-8)6-16(2)10(18)7-17-5-3-4-12-11(17)19/h3-5H,6-7H2,1-2H3,(H,13,14,15). The smallest absolute Gasteiger partial charge is 0.337 e. The molecule has 0 aliphatic carbocycles. The van der Waals surface area contributed by atoms with Crippen LogP contribution in [0.25, 0.3) is 0 Å². The highest BCUT2D eigenvalue weighted by molar-refractivity contribution is 5.75. The first-order valence-electron chi connectivity index (χ1n) is 5.69. The average Bonchev–Trinajstić information content (AvgIpc) is 2.77. The third-order valence-corrected chi connectivity index (χ3v) is 2.54. The maximum absolute atomic E-state index is 11.9. The van der Waals surface area contributed by atoms with E-state index in [2.05, 4.69) is 20.2 Å². The van der Waals surface area contributed by atoms with Crippen molar-refractivity contribution in [3.8, 4) is 0 Å². The second kappa shape index (κ2) is 5.42. The molecule has 8 nitrogen and oxygen atoms in total. The van der Waals surface area contributed by atoms with Gasteiger partial charge in [-0.3, -0.25) is 14.5 Å². The van der Waals surface area contributed by atoms with E-state index in [0.717, 1.165) is 0 Å². The molecule has 0 atom stereocenters. The van der Waals surface area contributed by atoms with Gasteiger partial charge in [-0.25, -0.2) is 14.8 Å². The van der Waals surface area contributed by atoms with E-state index in [1.165, 1.54) is 21.9 Å². The van der Waals surface area contributed by atoms with Gasteiger partial charge in [0.1, 0.15) is 12.4 Å². The summed E-state index contributed by atoms with van der Waals surface area (Å²) in [6, 6.07) is 1.60. The van der Waals surface area contributed by atoms with Gasteiger partial charge in [-0.1, -0.05) is 0 Å². The first-order chi connectivity index (χ1) is 9.06. The second-order valence-electron chi connectivity index (χ2n) is 4.12. The SMILES string of the molecule is Cc1nc(CN(C)C(=O)Cn2cccnc2=O)n[nH]1. The predicted octanol–water partition coefficient (Wildman–Crippen LogP) is -0.672. The third kappa shape index (κ3) is 3.24. The number of hydrogen-bond acceptors (Lipinski definition) is 5. The summed E-state index contributed by atoms with van der Waals surface area (Å²) in [6.07, 6.45) is 2.92. The molecule has 0 fully saturated rings. The number of H-pyrrole nitrogens is 1. The summed E-state index contributed by atoms with van der Waals surface area (Å²) in [5.41, 5.74) is -0.446. The Morgan fingerprint density at radius 2 is 2.32 bits per heavy atom. The first-order valence-corrected chi connectivity index (χ1v) is 5.69. The number of aryl methyl sites for hydroxylation is 1. The molecule has 0 saturated carbocycles. The minimum atomic E-state index is -0.446. The molecular formula is C11H14N6O2. The fourth-order valence-corrected chi connectivity index (χ4v) is 1.53. The number of carbonyl (C=O) groups excluding carboxylic acids is 1. The Labute approximate surface area is 109 Å². The van der Waals surface area contributed by atoms with Gasteiger partial charge >= 0.3 is 5.69 Å². The number of nitrogens with one attached hydrogen (secondary N) is 1. The molecule has 8 heteroatoms. The molecule has 2 heterocycles. The van der Waals surface area contributed by atoms with E-state index >= 15 is 0 Å². The normalized spacial score (nSPS) is 10.4. The lowest BCUT2D eigenvalue weighted by atomic mass is 10.4. The Morgan fingerprint density at radius 3 is 2.95 bits per heavy atom. The highest BCUT2D eigenvalue weighted by atomic mass is 16.2. The lowest BCUT2D eigenvalue weighted by Crippen LogP contribution is -2.34. The molecule has 2 aromatic rings. The van der Waals surface area contributed by atoms with Crippen molar-refractivity contribution in [3.63, 3.8) is 0 Å². The van der Waals surface area contributed by atoms with Crippen LogP contribution in [0, 0.1) is 6.92 Å². The van der Waals surface area contributed by atoms with Crippen LogP contribution in [-0.4, -0.2) is 42.6 Å². The quantitative estimate of drug-likeness (QED) is 0.788. The molecule has 0 aliphatic heterocycles. The van der Waals surface area contributed by atoms with Crippen LogP contribution in [0.4, 0.5) is 0 Å². The van der Waals surface area contributed by atoms with Crippen LogP contribution >= 0.6 is 0 Å². The maximum atomic E-state index is 11.9. The van der Waals surface area contributed by atoms with Crippen molar-refractivity contribution in [2.75, 3.05) is 7.05 Å². The summed E-state index contributed by atoms with van der Waals surface area (Å²) >= 11 is 0. The van der Waals surface area contributed by atoms with Gasteiger partial charge in [-0.15, -0.1) is 0 Å². The predicted molar refractivity (Wildman–Crippen MR) is 66.1 cm³/mol. The Balaban J connectivity index is 2.00. The van der Waals surface area contributed by atoms with E-state index < -0.39 is 5.69 Å². The number of aromatic amines is 1. The number of hydrogen-bond donors (Lipinski definition) is 1. The monoisotopic (exact) mass is 262 g/mol. The molecule has 0 radical (unpaired) electrons. The largest absolute Gasteiger partial charge is 0.347 e. The van der Waals surface area contributed by atoms with Gasteiger partial charge in [0.05, 0.1) is 6.54 Å². The summed E-state index contributed by atoms with van der Waals surface area (Å²) in [4.78, 5) is 32.5. The van der Waals surface area contributed by atoms with Crippen LogP contribution in [0.1, 0.15) is 11.6 Å². The van der Waals surface area contributed by atoms with E-state index in [4.69, 9.17) is 0 Å². The zero-order valence-electron chi connectivity index (χ0n) is 10.7. The fraction of sp³-hybridized carbons (Fsp3) is 0.364. The molecule has 2 rings (SSSR count). The zero-order chi connectivity index (χ0) is 13.8. The molecule has 0 aromatic carbocycles. The molecule has 2 aromatic heterocycles. The Hall–Kier alpha value is -2.51. The molecule has 0 bridgehead atoms. The molecule has 0 saturated heterocycles. The minimum Gasteiger partial charge on any atom is -0.337 e. The van der Waals surface area contributed by atoms with Crippen molar-refractivity contribution in [3.05, 3.63) is 40.6 Å². The summed E-state index contributed by atoms with van der Waals surface area (Å²) < 4.78 is 1.25. The molecular weight excluding hydrogens is 248 g/mol. The Bertz CT molecular complexity index is 632. The molecule has 0 aliphatic rings. The molecule has 100 valence electrons. The number of rotatable bonds is 4. The molecule has 19 heavy (non-hydrogen) atoms. The van der Waals surface area contributed by atoms with Crippen molar-refractivity contribution in [2.24, 2.45) is 0 Å². The summed E-state index contributed by atoms with van der Waals surface area (Å²) in [6.45, 7) is 2.03. The lowest BCUT2D eigenvalue weighted by molar-refractivity contribution is -0.131. The van der Waals surface area contributed by atoms with Crippen LogP contribution in [0.5, 0.6) is 0 Å². The number of nitrogens with zero attached hydrogens (tertiary/aromatic N) is 5. The van der Waals surface area contributed by atoms with Gasteiger partial charge in [0, 0.05) is 19.4 Å². The zero-order valence-corrected chi connectivity index (χ0v) is 10.7. The highest BCUT2D eigenvalue weighted by Crippen LogP contribution is 1.98. The van der Waals surface area contributed by atoms with Crippen LogP contribution in [0.15, 0.2) is 23.3 Å². The van der Waals surface area contributed by atoms with Crippen molar-refractivity contribution in [2.45, 2.75) is 20.0 Å². The third-order valence-electron chi connectivity index (χ3n) is 2.54. The Morgan fingerprint density at radius 1 is 1.53 bits per heavy atom. The van der Waals surface area contributed by atoms with Gasteiger partial charge in [0.15, 0.2) is 5.82 Å². The van der Waals surface area contributed by atoms with E-state index in [1.807, 2.05) is 0 Å². The van der Waals surface area contributed by atoms with Gasteiger partial charge < -0.3 is 4.90 Å². The number of aromatic nitrogens is 5. The average molecular weight is 262 g/mol. The number of likely N-dealkylation sites (N-methyl/N-ethyl adjacent to an activating group) is 1. The summed E-state index contributed by atoms with van der Waals surface area (Å²) in [5, 5.41) is 6.66. The first kappa shape index (κ1) is 12.9. The fourth-order valence-electron chi connectivity index (χ4n) is 1.53. The van der Waals surface area contributed by atoms with Gasteiger partial charge in [-0.2, -0.15) is 5.10 Å². The number of amides is 1. The highest BCUT2D eigenvalue weighted by Gasteiger charge is 2.12. The molecule has 0 unspecified atom stereocenters. The van der Waals surface area contributed by atoms with Crippen molar-refractivity contribution in [1.29, 1.82) is 0 Å². The van der Waals surface area contributed by atoms with Crippen molar-refractivity contribution in [1.82, 2.24) is 29.6 Å². The van der Waals surface area contributed by atoms with E-state index in [9.17, 15) is 9.59 Å². The van der Waals surface area contributed by atoms with Crippen LogP contribution in [0.3, 0.4) is 0 Å². The second-order valence-corrected chi connectivity index (χ2v) is 4.12. The van der Waals surface area contributed by atoms with E-state index in [0.29, 0.717) is 11.6 Å². The van der Waals surface area contributed by atoms with Gasteiger partial charge in [0.25, 0.3) is 0 Å². The van der Waals surface area contributed by atoms with Gasteiger partial charge in [0.2, 0.25) is 5.91 Å². The summed E-state index contributed by atoms with van der Waals surface area (Å²) in [5.74, 6) is 1.02. The summed E-state index contributed by atoms with van der Waals surface area (Å²) in [7, 11) is 1.63.